The van der Waals surface area contributed by atoms with Crippen molar-refractivity contribution in [1.82, 2.24) is 9.47 Å². The van der Waals surface area contributed by atoms with Crippen LogP contribution in [-0.2, 0) is 11.8 Å². The molecule has 0 aliphatic carbocycles. The molecule has 8 heteroatoms. The van der Waals surface area contributed by atoms with E-state index < -0.39 is 0 Å². The second-order valence-corrected chi connectivity index (χ2v) is 10.5. The maximum Gasteiger partial charge on any atom is 0.270 e. The van der Waals surface area contributed by atoms with Crippen molar-refractivity contribution in [2.45, 2.75) is 59.3 Å². The number of anilines is 1. The van der Waals surface area contributed by atoms with Gasteiger partial charge in [0.2, 0.25) is 0 Å². The van der Waals surface area contributed by atoms with Gasteiger partial charge in [-0.15, -0.1) is 0 Å². The lowest BCUT2D eigenvalue weighted by molar-refractivity contribution is -0.122. The van der Waals surface area contributed by atoms with Gasteiger partial charge < -0.3 is 4.90 Å². The summed E-state index contributed by atoms with van der Waals surface area (Å²) >= 11 is 6.81. The zero-order valence-corrected chi connectivity index (χ0v) is 21.1. The van der Waals surface area contributed by atoms with Crippen molar-refractivity contribution in [3.63, 3.8) is 0 Å². The van der Waals surface area contributed by atoms with Crippen LogP contribution < -0.4 is 10.5 Å². The fourth-order valence-electron chi connectivity index (χ4n) is 4.50. The Morgan fingerprint density at radius 1 is 1.28 bits per heavy atom. The van der Waals surface area contributed by atoms with E-state index in [-0.39, 0.29) is 17.0 Å². The molecule has 172 valence electrons. The molecule has 3 heterocycles. The second-order valence-electron chi connectivity index (χ2n) is 8.80. The number of amides is 1. The summed E-state index contributed by atoms with van der Waals surface area (Å²) in [5.74, 6) is 1.22. The first-order valence-corrected chi connectivity index (χ1v) is 12.7. The number of unbranched alkanes of at least 4 members (excludes halogenated alkanes) is 3. The molecule has 1 aromatic rings. The number of thiocarbonyl (C=S) groups is 1. The predicted octanol–water partition coefficient (Wildman–Crippen LogP) is 4.58. The molecule has 2 aliphatic rings. The Balaban J connectivity index is 2.03. The summed E-state index contributed by atoms with van der Waals surface area (Å²) in [6, 6.07) is 2.07. The first kappa shape index (κ1) is 24.5. The van der Waals surface area contributed by atoms with E-state index in [0.717, 1.165) is 63.0 Å². The molecule has 2 fully saturated rings. The maximum atomic E-state index is 13.1. The van der Waals surface area contributed by atoms with E-state index >= 15 is 0 Å². The van der Waals surface area contributed by atoms with Gasteiger partial charge in [0.15, 0.2) is 0 Å². The molecule has 3 rings (SSSR count). The van der Waals surface area contributed by atoms with E-state index in [2.05, 4.69) is 24.8 Å². The summed E-state index contributed by atoms with van der Waals surface area (Å²) in [6.07, 6.45) is 8.35. The molecule has 1 atom stereocenters. The standard InChI is InChI=1S/C24H32N4O2S2/c1-5-6-7-8-12-28-23(30)20(32-24(28)31)13-18-17(3)19(14-25)22(29)26(4)21(18)27-11-9-10-16(2)15-27/h13,16H,5-12,15H2,1-4H3/b20-13-. The molecule has 1 aromatic heterocycles. The van der Waals surface area contributed by atoms with Crippen molar-refractivity contribution in [2.24, 2.45) is 13.0 Å². The Kier molecular flexibility index (Phi) is 8.18. The average Bonchev–Trinajstić information content (AvgIpc) is 3.02. The van der Waals surface area contributed by atoms with Crippen LogP contribution in [0.2, 0.25) is 0 Å². The van der Waals surface area contributed by atoms with Gasteiger partial charge in [-0.05, 0) is 43.7 Å². The third-order valence-corrected chi connectivity index (χ3v) is 7.69. The SMILES string of the molecule is CCCCCCN1C(=O)/C(=C/c2c(C)c(C#N)c(=O)n(C)c2N2CCCC(C)C2)SC1=S. The highest BCUT2D eigenvalue weighted by molar-refractivity contribution is 8.26. The number of piperidine rings is 1. The van der Waals surface area contributed by atoms with Gasteiger partial charge in [-0.25, -0.2) is 0 Å². The molecule has 0 spiro atoms. The van der Waals surface area contributed by atoms with Crippen molar-refractivity contribution in [2.75, 3.05) is 24.5 Å². The molecule has 0 saturated carbocycles. The monoisotopic (exact) mass is 472 g/mol. The topological polar surface area (TPSA) is 69.3 Å². The van der Waals surface area contributed by atoms with Crippen molar-refractivity contribution >= 4 is 46.1 Å². The highest BCUT2D eigenvalue weighted by Crippen LogP contribution is 2.36. The van der Waals surface area contributed by atoms with Crippen LogP contribution in [0.3, 0.4) is 0 Å². The molecular weight excluding hydrogens is 440 g/mol. The lowest BCUT2D eigenvalue weighted by Gasteiger charge is -2.35. The molecule has 32 heavy (non-hydrogen) atoms. The molecule has 1 amide bonds. The van der Waals surface area contributed by atoms with Gasteiger partial charge in [-0.2, -0.15) is 5.26 Å². The first-order chi connectivity index (χ1) is 15.3. The summed E-state index contributed by atoms with van der Waals surface area (Å²) in [6.45, 7) is 8.50. The van der Waals surface area contributed by atoms with Gasteiger partial charge >= 0.3 is 0 Å². The number of carbonyl (C=O) groups is 1. The van der Waals surface area contributed by atoms with Gasteiger partial charge in [0.05, 0.1) is 4.91 Å². The highest BCUT2D eigenvalue weighted by atomic mass is 32.2. The van der Waals surface area contributed by atoms with Crippen LogP contribution in [0.15, 0.2) is 9.70 Å². The van der Waals surface area contributed by atoms with Crippen LogP contribution in [0.25, 0.3) is 6.08 Å². The van der Waals surface area contributed by atoms with Crippen LogP contribution in [0.4, 0.5) is 5.82 Å². The van der Waals surface area contributed by atoms with Crippen LogP contribution in [-0.4, -0.2) is 39.3 Å². The Hall–Kier alpha value is -2.11. The van der Waals surface area contributed by atoms with Crippen LogP contribution in [0.5, 0.6) is 0 Å². The number of aromatic nitrogens is 1. The summed E-state index contributed by atoms with van der Waals surface area (Å²) < 4.78 is 2.15. The molecule has 0 bridgehead atoms. The summed E-state index contributed by atoms with van der Waals surface area (Å²) in [4.78, 5) is 30.5. The van der Waals surface area contributed by atoms with Crippen molar-refractivity contribution in [3.05, 3.63) is 31.9 Å². The van der Waals surface area contributed by atoms with E-state index in [1.165, 1.54) is 11.8 Å². The van der Waals surface area contributed by atoms with Crippen LogP contribution in [0, 0.1) is 24.2 Å². The lowest BCUT2D eigenvalue weighted by atomic mass is 9.98. The number of hydrogen-bond donors (Lipinski definition) is 0. The largest absolute Gasteiger partial charge is 0.357 e. The highest BCUT2D eigenvalue weighted by Gasteiger charge is 2.33. The molecule has 0 radical (unpaired) electrons. The van der Waals surface area contributed by atoms with Crippen molar-refractivity contribution in [3.8, 4) is 6.07 Å². The summed E-state index contributed by atoms with van der Waals surface area (Å²) in [5.41, 5.74) is 1.22. The number of nitrogens with zero attached hydrogens (tertiary/aromatic N) is 4. The molecule has 2 aliphatic heterocycles. The van der Waals surface area contributed by atoms with E-state index in [1.54, 1.807) is 23.4 Å². The van der Waals surface area contributed by atoms with Gasteiger partial charge in [-0.1, -0.05) is 57.1 Å². The first-order valence-electron chi connectivity index (χ1n) is 11.4. The maximum absolute atomic E-state index is 13.1. The fourth-order valence-corrected chi connectivity index (χ4v) is 5.79. The van der Waals surface area contributed by atoms with Crippen molar-refractivity contribution < 1.29 is 4.79 Å². The molecule has 2 saturated heterocycles. The van der Waals surface area contributed by atoms with E-state index in [0.29, 0.717) is 27.3 Å². The van der Waals surface area contributed by atoms with Gasteiger partial charge in [0, 0.05) is 32.2 Å². The number of carbonyl (C=O) groups excluding carboxylic acids is 1. The fraction of sp³-hybridized carbons (Fsp3) is 0.583. The van der Waals surface area contributed by atoms with Crippen LogP contribution >= 0.6 is 24.0 Å². The van der Waals surface area contributed by atoms with Gasteiger partial charge in [0.1, 0.15) is 21.8 Å². The number of rotatable bonds is 7. The number of thioether (sulfide) groups is 1. The minimum absolute atomic E-state index is 0.0822. The molecule has 1 unspecified atom stereocenters. The van der Waals surface area contributed by atoms with Crippen molar-refractivity contribution in [1.29, 1.82) is 5.26 Å². The molecule has 0 aromatic carbocycles. The third-order valence-electron chi connectivity index (χ3n) is 6.31. The number of pyridine rings is 1. The van der Waals surface area contributed by atoms with E-state index in [9.17, 15) is 14.9 Å². The van der Waals surface area contributed by atoms with Gasteiger partial charge in [0.25, 0.3) is 11.5 Å². The molecule has 0 N–H and O–H groups in total. The van der Waals surface area contributed by atoms with E-state index in [1.807, 2.05) is 6.08 Å². The zero-order valence-electron chi connectivity index (χ0n) is 19.4. The normalized spacial score (nSPS) is 20.3. The van der Waals surface area contributed by atoms with Crippen LogP contribution in [0.1, 0.15) is 69.1 Å². The Morgan fingerprint density at radius 3 is 2.69 bits per heavy atom. The zero-order chi connectivity index (χ0) is 23.4. The predicted molar refractivity (Wildman–Crippen MR) is 136 cm³/mol. The third kappa shape index (κ3) is 4.94. The van der Waals surface area contributed by atoms with Gasteiger partial charge in [-0.3, -0.25) is 19.1 Å². The lowest BCUT2D eigenvalue weighted by Crippen LogP contribution is -2.39. The summed E-state index contributed by atoms with van der Waals surface area (Å²) in [7, 11) is 1.72. The number of nitriles is 1. The summed E-state index contributed by atoms with van der Waals surface area (Å²) in [5, 5.41) is 9.63. The Labute approximate surface area is 200 Å². The second kappa shape index (κ2) is 10.7. The Morgan fingerprint density at radius 2 is 2.03 bits per heavy atom. The minimum atomic E-state index is -0.293. The van der Waals surface area contributed by atoms with E-state index in [4.69, 9.17) is 12.2 Å². The Bertz CT molecular complexity index is 1040. The quantitative estimate of drug-likeness (QED) is 0.329. The smallest absolute Gasteiger partial charge is 0.270 e. The molecular formula is C24H32N4O2S2. The molecule has 6 nitrogen and oxygen atoms in total. The number of hydrogen-bond acceptors (Lipinski definition) is 6. The average molecular weight is 473 g/mol. The minimum Gasteiger partial charge on any atom is -0.357 e.